The van der Waals surface area contributed by atoms with E-state index in [0.717, 1.165) is 16.3 Å². The minimum atomic E-state index is -0.00353. The molecule has 3 nitrogen and oxygen atoms in total. The molecular weight excluding hydrogens is 386 g/mol. The van der Waals surface area contributed by atoms with Gasteiger partial charge in [-0.25, -0.2) is 4.98 Å². The van der Waals surface area contributed by atoms with Crippen LogP contribution in [0.25, 0.3) is 10.2 Å². The van der Waals surface area contributed by atoms with Gasteiger partial charge in [0.05, 0.1) is 10.2 Å². The summed E-state index contributed by atoms with van der Waals surface area (Å²) >= 11 is 1.71. The summed E-state index contributed by atoms with van der Waals surface area (Å²) in [5, 5.41) is 4.44. The molecule has 30 heavy (non-hydrogen) atoms. The molecule has 1 aromatic heterocycles. The smallest absolute Gasteiger partial charge is 0.188 e. The highest BCUT2D eigenvalue weighted by Crippen LogP contribution is 2.41. The molecule has 0 bridgehead atoms. The van der Waals surface area contributed by atoms with Gasteiger partial charge >= 0.3 is 0 Å². The molecule has 0 saturated heterocycles. The highest BCUT2D eigenvalue weighted by molar-refractivity contribution is 7.22. The number of likely N-dealkylation sites (N-methyl/N-ethyl adjacent to an activating group) is 1. The van der Waals surface area contributed by atoms with Crippen LogP contribution in [0.4, 0.5) is 10.8 Å². The normalized spacial score (nSPS) is 17.0. The zero-order valence-electron chi connectivity index (χ0n) is 18.7. The fourth-order valence-electron chi connectivity index (χ4n) is 4.35. The zero-order chi connectivity index (χ0) is 21.5. The first-order valence-electron chi connectivity index (χ1n) is 10.6. The van der Waals surface area contributed by atoms with E-state index in [2.05, 4.69) is 113 Å². The van der Waals surface area contributed by atoms with Crippen LogP contribution < -0.4 is 5.32 Å². The number of allylic oxidation sites excluding steroid dienone is 4. The Hall–Kier alpha value is -2.43. The lowest BCUT2D eigenvalue weighted by atomic mass is 9.67. The average Bonchev–Trinajstić information content (AvgIpc) is 3.38. The lowest BCUT2D eigenvalue weighted by Gasteiger charge is -2.43. The Kier molecular flexibility index (Phi) is 5.56. The van der Waals surface area contributed by atoms with Crippen LogP contribution in [-0.4, -0.2) is 30.0 Å². The standard InChI is InChI=1S/C26H31N3S/c1-17-15-23-24(16-18(17)2)30-25(28-23)27-22-13-11-21(12-14-22)26(4,19(3)29(5)6)20-9-7-8-10-20/h7-16,19-20H,1-6H3,(H,27,28). The van der Waals surface area contributed by atoms with Crippen molar-refractivity contribution in [2.24, 2.45) is 5.92 Å². The van der Waals surface area contributed by atoms with E-state index in [4.69, 9.17) is 4.98 Å². The second-order valence-corrected chi connectivity index (χ2v) is 9.87. The predicted octanol–water partition coefficient (Wildman–Crippen LogP) is 6.61. The average molecular weight is 418 g/mol. The number of nitrogens with zero attached hydrogens (tertiary/aromatic N) is 2. The van der Waals surface area contributed by atoms with Gasteiger partial charge in [-0.1, -0.05) is 54.7 Å². The van der Waals surface area contributed by atoms with E-state index >= 15 is 0 Å². The molecule has 0 spiro atoms. The van der Waals surface area contributed by atoms with Gasteiger partial charge in [-0.3, -0.25) is 0 Å². The largest absolute Gasteiger partial charge is 0.332 e. The number of nitrogens with one attached hydrogen (secondary N) is 1. The van der Waals surface area contributed by atoms with Gasteiger partial charge in [0.2, 0.25) is 0 Å². The van der Waals surface area contributed by atoms with Gasteiger partial charge in [-0.05, 0) is 75.8 Å². The van der Waals surface area contributed by atoms with Crippen molar-refractivity contribution in [3.05, 3.63) is 77.4 Å². The minimum Gasteiger partial charge on any atom is -0.332 e. The molecule has 0 radical (unpaired) electrons. The summed E-state index contributed by atoms with van der Waals surface area (Å²) in [6.45, 7) is 8.99. The summed E-state index contributed by atoms with van der Waals surface area (Å²) in [6.07, 6.45) is 8.96. The maximum atomic E-state index is 4.78. The van der Waals surface area contributed by atoms with Crippen molar-refractivity contribution in [2.75, 3.05) is 19.4 Å². The third kappa shape index (κ3) is 3.70. The molecule has 4 heteroatoms. The van der Waals surface area contributed by atoms with Crippen LogP contribution in [0.3, 0.4) is 0 Å². The number of hydrogen-bond donors (Lipinski definition) is 1. The molecule has 2 atom stereocenters. The molecule has 4 rings (SSSR count). The molecule has 0 fully saturated rings. The van der Waals surface area contributed by atoms with Crippen molar-refractivity contribution in [2.45, 2.75) is 39.2 Å². The van der Waals surface area contributed by atoms with Crippen molar-refractivity contribution >= 4 is 32.4 Å². The maximum absolute atomic E-state index is 4.78. The molecule has 0 aliphatic heterocycles. The summed E-state index contributed by atoms with van der Waals surface area (Å²) in [5.41, 5.74) is 6.08. The highest BCUT2D eigenvalue weighted by Gasteiger charge is 2.40. The number of hydrogen-bond acceptors (Lipinski definition) is 4. The summed E-state index contributed by atoms with van der Waals surface area (Å²) < 4.78 is 1.23. The number of fused-ring (bicyclic) bond motifs is 1. The molecule has 0 saturated carbocycles. The van der Waals surface area contributed by atoms with Crippen molar-refractivity contribution < 1.29 is 0 Å². The van der Waals surface area contributed by atoms with Gasteiger partial charge in [-0.15, -0.1) is 0 Å². The van der Waals surface area contributed by atoms with Gasteiger partial charge in [-0.2, -0.15) is 0 Å². The summed E-state index contributed by atoms with van der Waals surface area (Å²) in [5.74, 6) is 0.393. The topological polar surface area (TPSA) is 28.2 Å². The van der Waals surface area contributed by atoms with Gasteiger partial charge < -0.3 is 10.2 Å². The monoisotopic (exact) mass is 417 g/mol. The molecule has 156 valence electrons. The number of aryl methyl sites for hydroxylation is 2. The van der Waals surface area contributed by atoms with Gasteiger partial charge in [0.1, 0.15) is 0 Å². The van der Waals surface area contributed by atoms with Crippen molar-refractivity contribution in [1.29, 1.82) is 0 Å². The van der Waals surface area contributed by atoms with E-state index in [1.54, 1.807) is 11.3 Å². The Morgan fingerprint density at radius 2 is 1.67 bits per heavy atom. The molecule has 2 unspecified atom stereocenters. The van der Waals surface area contributed by atoms with Gasteiger partial charge in [0, 0.05) is 23.1 Å². The molecule has 1 aliphatic rings. The van der Waals surface area contributed by atoms with E-state index < -0.39 is 0 Å². The first-order chi connectivity index (χ1) is 14.3. The second kappa shape index (κ2) is 8.01. The first kappa shape index (κ1) is 20.8. The molecule has 1 aliphatic carbocycles. The molecule has 0 amide bonds. The van der Waals surface area contributed by atoms with E-state index in [0.29, 0.717) is 12.0 Å². The second-order valence-electron chi connectivity index (χ2n) is 8.84. The summed E-state index contributed by atoms with van der Waals surface area (Å²) in [4.78, 5) is 7.09. The highest BCUT2D eigenvalue weighted by atomic mass is 32.1. The van der Waals surface area contributed by atoms with Crippen LogP contribution in [0.1, 0.15) is 30.5 Å². The third-order valence-electron chi connectivity index (χ3n) is 6.85. The molecular formula is C26H31N3S. The Morgan fingerprint density at radius 3 is 2.30 bits per heavy atom. The zero-order valence-corrected chi connectivity index (χ0v) is 19.5. The summed E-state index contributed by atoms with van der Waals surface area (Å²) in [6, 6.07) is 13.7. The van der Waals surface area contributed by atoms with Crippen LogP contribution in [0.5, 0.6) is 0 Å². The fourth-order valence-corrected chi connectivity index (χ4v) is 5.32. The first-order valence-corrected chi connectivity index (χ1v) is 11.4. The number of rotatable bonds is 6. The van der Waals surface area contributed by atoms with E-state index in [9.17, 15) is 0 Å². The number of anilines is 2. The van der Waals surface area contributed by atoms with Crippen LogP contribution in [-0.2, 0) is 5.41 Å². The quantitative estimate of drug-likeness (QED) is 0.489. The Morgan fingerprint density at radius 1 is 1.03 bits per heavy atom. The Balaban J connectivity index is 1.61. The minimum absolute atomic E-state index is 0.00353. The lowest BCUT2D eigenvalue weighted by Crippen LogP contribution is -2.47. The van der Waals surface area contributed by atoms with Crippen molar-refractivity contribution in [3.8, 4) is 0 Å². The maximum Gasteiger partial charge on any atom is 0.188 e. The fraction of sp³-hybridized carbons (Fsp3) is 0.346. The van der Waals surface area contributed by atoms with Gasteiger partial charge in [0.25, 0.3) is 0 Å². The number of benzene rings is 2. The molecule has 2 aromatic carbocycles. The predicted molar refractivity (Wildman–Crippen MR) is 131 cm³/mol. The van der Waals surface area contributed by atoms with Crippen LogP contribution >= 0.6 is 11.3 Å². The SMILES string of the molecule is Cc1cc2nc(Nc3ccc(C(C)(C4C=CC=C4)C(C)N(C)C)cc3)sc2cc1C. The summed E-state index contributed by atoms with van der Waals surface area (Å²) in [7, 11) is 4.33. The Labute approximate surface area is 184 Å². The Bertz CT molecular complexity index is 1060. The van der Waals surface area contributed by atoms with Gasteiger partial charge in [0.15, 0.2) is 5.13 Å². The molecule has 3 aromatic rings. The van der Waals surface area contributed by atoms with Crippen molar-refractivity contribution in [1.82, 2.24) is 9.88 Å². The van der Waals surface area contributed by atoms with E-state index in [1.807, 2.05) is 0 Å². The third-order valence-corrected chi connectivity index (χ3v) is 7.78. The number of aromatic nitrogens is 1. The number of thiazole rings is 1. The van der Waals surface area contributed by atoms with Crippen LogP contribution in [0.2, 0.25) is 0 Å². The molecule has 1 N–H and O–H groups in total. The molecule has 1 heterocycles. The van der Waals surface area contributed by atoms with E-state index in [-0.39, 0.29) is 5.41 Å². The van der Waals surface area contributed by atoms with Crippen molar-refractivity contribution in [3.63, 3.8) is 0 Å². The van der Waals surface area contributed by atoms with Crippen LogP contribution in [0, 0.1) is 19.8 Å². The van der Waals surface area contributed by atoms with E-state index in [1.165, 1.54) is 21.4 Å². The van der Waals surface area contributed by atoms with Crippen LogP contribution in [0.15, 0.2) is 60.7 Å². The lowest BCUT2D eigenvalue weighted by molar-refractivity contribution is 0.179.